The predicted octanol–water partition coefficient (Wildman–Crippen LogP) is 4.05. The Morgan fingerprint density at radius 1 is 1.22 bits per heavy atom. The monoisotopic (exact) mass is 461 g/mol. The summed E-state index contributed by atoms with van der Waals surface area (Å²) in [5.74, 6) is -0.290. The van der Waals surface area contributed by atoms with Gasteiger partial charge < -0.3 is 4.90 Å². The molecule has 0 N–H and O–H groups in total. The van der Waals surface area contributed by atoms with Crippen LogP contribution in [-0.4, -0.2) is 43.4 Å². The molecule has 168 valence electrons. The molecule has 3 aromatic rings. The summed E-state index contributed by atoms with van der Waals surface area (Å²) in [6.45, 7) is 2.28. The van der Waals surface area contributed by atoms with Crippen molar-refractivity contribution >= 4 is 17.7 Å². The fourth-order valence-corrected chi connectivity index (χ4v) is 4.52. The Morgan fingerprint density at radius 2 is 1.97 bits per heavy atom. The first-order valence-electron chi connectivity index (χ1n) is 10.1. The molecule has 0 fully saturated rings. The standard InChI is InChI=1S/C22H22F3N5OS/c1-13-15(10-26-30(13)3)11-29(2)18(31)12-32-21-27-19-16-7-5-4-6-14(16)8-9-17(19)20(28-21)22(23,24)25/h4-7,10H,8-9,11-12H2,1-3H3. The van der Waals surface area contributed by atoms with E-state index in [2.05, 4.69) is 15.1 Å². The summed E-state index contributed by atoms with van der Waals surface area (Å²) in [7, 11) is 3.47. The van der Waals surface area contributed by atoms with Gasteiger partial charge in [-0.3, -0.25) is 9.48 Å². The number of rotatable bonds is 5. The lowest BCUT2D eigenvalue weighted by molar-refractivity contribution is -0.142. The van der Waals surface area contributed by atoms with Gasteiger partial charge in [0.05, 0.1) is 17.6 Å². The minimum Gasteiger partial charge on any atom is -0.341 e. The topological polar surface area (TPSA) is 63.9 Å². The van der Waals surface area contributed by atoms with Gasteiger partial charge >= 0.3 is 6.18 Å². The first-order chi connectivity index (χ1) is 15.1. The molecule has 10 heteroatoms. The molecule has 32 heavy (non-hydrogen) atoms. The quantitative estimate of drug-likeness (QED) is 0.424. The SMILES string of the molecule is Cc1c(CN(C)C(=O)CSc2nc3c(c(C(F)(F)F)n2)CCc2ccccc2-3)cnn1C. The Kier molecular flexibility index (Phi) is 5.98. The van der Waals surface area contributed by atoms with Crippen molar-refractivity contribution in [1.29, 1.82) is 0 Å². The number of thioether (sulfide) groups is 1. The van der Waals surface area contributed by atoms with Crippen LogP contribution in [0.2, 0.25) is 0 Å². The number of halogens is 3. The van der Waals surface area contributed by atoms with Crippen molar-refractivity contribution in [2.75, 3.05) is 12.8 Å². The molecule has 1 aliphatic carbocycles. The molecule has 0 aliphatic heterocycles. The average molecular weight is 462 g/mol. The van der Waals surface area contributed by atoms with Crippen LogP contribution in [0.25, 0.3) is 11.3 Å². The maximum Gasteiger partial charge on any atom is 0.433 e. The first kappa shape index (κ1) is 22.3. The third-order valence-electron chi connectivity index (χ3n) is 5.67. The van der Waals surface area contributed by atoms with E-state index in [1.165, 1.54) is 4.90 Å². The third-order valence-corrected chi connectivity index (χ3v) is 6.50. The van der Waals surface area contributed by atoms with Crippen molar-refractivity contribution in [3.8, 4) is 11.3 Å². The van der Waals surface area contributed by atoms with Crippen molar-refractivity contribution in [2.45, 2.75) is 37.6 Å². The van der Waals surface area contributed by atoms with Gasteiger partial charge in [-0.2, -0.15) is 18.3 Å². The lowest BCUT2D eigenvalue weighted by Crippen LogP contribution is -2.28. The highest BCUT2D eigenvalue weighted by Crippen LogP contribution is 2.40. The lowest BCUT2D eigenvalue weighted by atomic mass is 9.88. The summed E-state index contributed by atoms with van der Waals surface area (Å²) in [5.41, 5.74) is 3.04. The first-order valence-corrected chi connectivity index (χ1v) is 11.0. The van der Waals surface area contributed by atoms with Gasteiger partial charge in [-0.1, -0.05) is 36.0 Å². The molecular weight excluding hydrogens is 439 g/mol. The van der Waals surface area contributed by atoms with Gasteiger partial charge in [0, 0.05) is 43.0 Å². The number of aryl methyl sites for hydroxylation is 2. The number of amides is 1. The second-order valence-electron chi connectivity index (χ2n) is 7.75. The Bertz CT molecular complexity index is 1170. The fourth-order valence-electron chi connectivity index (χ4n) is 3.73. The largest absolute Gasteiger partial charge is 0.433 e. The fraction of sp³-hybridized carbons (Fsp3) is 0.364. The van der Waals surface area contributed by atoms with Crippen LogP contribution in [0, 0.1) is 6.92 Å². The van der Waals surface area contributed by atoms with E-state index in [9.17, 15) is 18.0 Å². The van der Waals surface area contributed by atoms with Crippen LogP contribution in [0.1, 0.15) is 28.1 Å². The van der Waals surface area contributed by atoms with E-state index in [1.807, 2.05) is 26.1 Å². The molecule has 6 nitrogen and oxygen atoms in total. The number of fused-ring (bicyclic) bond motifs is 3. The molecule has 0 radical (unpaired) electrons. The van der Waals surface area contributed by atoms with Crippen molar-refractivity contribution < 1.29 is 18.0 Å². The Labute approximate surface area is 187 Å². The zero-order chi connectivity index (χ0) is 23.0. The number of nitrogens with zero attached hydrogens (tertiary/aromatic N) is 5. The highest BCUT2D eigenvalue weighted by atomic mass is 32.2. The number of hydrogen-bond donors (Lipinski definition) is 0. The Morgan fingerprint density at radius 3 is 2.66 bits per heavy atom. The number of benzene rings is 1. The molecule has 1 aliphatic rings. The highest BCUT2D eigenvalue weighted by molar-refractivity contribution is 7.99. The van der Waals surface area contributed by atoms with Crippen LogP contribution in [0.5, 0.6) is 0 Å². The second-order valence-corrected chi connectivity index (χ2v) is 8.70. The molecule has 1 aromatic carbocycles. The van der Waals surface area contributed by atoms with Gasteiger partial charge in [0.15, 0.2) is 10.9 Å². The second kappa shape index (κ2) is 8.57. The van der Waals surface area contributed by atoms with Gasteiger partial charge in [0.25, 0.3) is 0 Å². The minimum atomic E-state index is -4.59. The van der Waals surface area contributed by atoms with Gasteiger partial charge in [-0.15, -0.1) is 0 Å². The average Bonchev–Trinajstić information content (AvgIpc) is 3.08. The zero-order valence-electron chi connectivity index (χ0n) is 17.9. The summed E-state index contributed by atoms with van der Waals surface area (Å²) in [4.78, 5) is 22.4. The number of alkyl halides is 3. The van der Waals surface area contributed by atoms with Gasteiger partial charge in [-0.05, 0) is 25.3 Å². The van der Waals surface area contributed by atoms with E-state index < -0.39 is 11.9 Å². The third kappa shape index (κ3) is 4.36. The maximum absolute atomic E-state index is 13.8. The summed E-state index contributed by atoms with van der Waals surface area (Å²) >= 11 is 0.920. The van der Waals surface area contributed by atoms with E-state index in [0.29, 0.717) is 24.2 Å². The maximum atomic E-state index is 13.8. The van der Waals surface area contributed by atoms with Crippen LogP contribution >= 0.6 is 11.8 Å². The van der Waals surface area contributed by atoms with Crippen molar-refractivity contribution in [3.05, 3.63) is 58.5 Å². The molecule has 0 spiro atoms. The number of carbonyl (C=O) groups excluding carboxylic acids is 1. The Balaban J connectivity index is 1.57. The summed E-state index contributed by atoms with van der Waals surface area (Å²) in [5, 5.41) is 4.11. The van der Waals surface area contributed by atoms with E-state index in [0.717, 1.165) is 28.6 Å². The van der Waals surface area contributed by atoms with Crippen molar-refractivity contribution in [3.63, 3.8) is 0 Å². The smallest absolute Gasteiger partial charge is 0.341 e. The summed E-state index contributed by atoms with van der Waals surface area (Å²) < 4.78 is 43.0. The number of aromatic nitrogens is 4. The summed E-state index contributed by atoms with van der Waals surface area (Å²) in [6, 6.07) is 7.34. The van der Waals surface area contributed by atoms with Gasteiger partial charge in [-0.25, -0.2) is 9.97 Å². The van der Waals surface area contributed by atoms with Crippen LogP contribution in [0.15, 0.2) is 35.6 Å². The normalized spacial score (nSPS) is 12.9. The Hall–Kier alpha value is -2.88. The van der Waals surface area contributed by atoms with Crippen LogP contribution in [-0.2, 0) is 37.4 Å². The van der Waals surface area contributed by atoms with E-state index in [-0.39, 0.29) is 28.8 Å². The van der Waals surface area contributed by atoms with E-state index >= 15 is 0 Å². The molecular formula is C22H22F3N5OS. The van der Waals surface area contributed by atoms with Crippen LogP contribution in [0.3, 0.4) is 0 Å². The summed E-state index contributed by atoms with van der Waals surface area (Å²) in [6.07, 6.45) is -2.14. The minimum absolute atomic E-state index is 0.0490. The zero-order valence-corrected chi connectivity index (χ0v) is 18.7. The molecule has 2 aromatic heterocycles. The van der Waals surface area contributed by atoms with Gasteiger partial charge in [0.2, 0.25) is 5.91 Å². The van der Waals surface area contributed by atoms with Gasteiger partial charge in [0.1, 0.15) is 0 Å². The highest BCUT2D eigenvalue weighted by Gasteiger charge is 2.38. The predicted molar refractivity (Wildman–Crippen MR) is 115 cm³/mol. The van der Waals surface area contributed by atoms with E-state index in [4.69, 9.17) is 0 Å². The van der Waals surface area contributed by atoms with Crippen molar-refractivity contribution in [1.82, 2.24) is 24.6 Å². The molecule has 0 saturated carbocycles. The number of carbonyl (C=O) groups is 1. The number of hydrogen-bond acceptors (Lipinski definition) is 5. The molecule has 0 saturated heterocycles. The molecule has 2 heterocycles. The lowest BCUT2D eigenvalue weighted by Gasteiger charge is -2.23. The molecule has 0 atom stereocenters. The molecule has 4 rings (SSSR count). The molecule has 0 unspecified atom stereocenters. The van der Waals surface area contributed by atoms with E-state index in [1.54, 1.807) is 30.1 Å². The van der Waals surface area contributed by atoms with Crippen molar-refractivity contribution in [2.24, 2.45) is 7.05 Å². The van der Waals surface area contributed by atoms with Crippen LogP contribution < -0.4 is 0 Å². The molecule has 0 bridgehead atoms. The van der Waals surface area contributed by atoms with Crippen LogP contribution in [0.4, 0.5) is 13.2 Å². The molecule has 1 amide bonds.